The molecule has 0 radical (unpaired) electrons. The summed E-state index contributed by atoms with van der Waals surface area (Å²) in [6.07, 6.45) is 2.60. The number of methoxy groups -OCH3 is 1. The number of aromatic nitrogens is 2. The summed E-state index contributed by atoms with van der Waals surface area (Å²) >= 11 is 0. The van der Waals surface area contributed by atoms with Crippen molar-refractivity contribution in [3.8, 4) is 0 Å². The van der Waals surface area contributed by atoms with Gasteiger partial charge < -0.3 is 15.0 Å². The lowest BCUT2D eigenvalue weighted by Crippen LogP contribution is -2.09. The van der Waals surface area contributed by atoms with Crippen molar-refractivity contribution in [3.63, 3.8) is 0 Å². The highest BCUT2D eigenvalue weighted by atomic mass is 16.5. The molecule has 0 aliphatic carbocycles. The first-order chi connectivity index (χ1) is 7.22. The largest absolute Gasteiger partial charge is 0.373 e. The Hall–Kier alpha value is -0.940. The van der Waals surface area contributed by atoms with Crippen LogP contribution in [-0.2, 0) is 4.74 Å². The average Bonchev–Trinajstić information content (AvgIpc) is 2.73. The van der Waals surface area contributed by atoms with Gasteiger partial charge in [0, 0.05) is 7.11 Å². The Morgan fingerprint density at radius 1 is 1.47 bits per heavy atom. The summed E-state index contributed by atoms with van der Waals surface area (Å²) in [5, 5.41) is 3.88. The van der Waals surface area contributed by atoms with Gasteiger partial charge in [0.05, 0.1) is 6.04 Å². The number of nitrogens with two attached hydrogens (primary N) is 1. The monoisotopic (exact) mass is 213 g/mol. The Morgan fingerprint density at radius 3 is 2.73 bits per heavy atom. The molecule has 0 saturated carbocycles. The SMILES string of the molecule is CCCC(OC)c1noc(C(N)CC)n1. The van der Waals surface area contributed by atoms with E-state index in [-0.39, 0.29) is 12.1 Å². The van der Waals surface area contributed by atoms with Crippen LogP contribution in [0.4, 0.5) is 0 Å². The fourth-order valence-corrected chi connectivity index (χ4v) is 1.32. The van der Waals surface area contributed by atoms with E-state index in [4.69, 9.17) is 15.0 Å². The van der Waals surface area contributed by atoms with Gasteiger partial charge >= 0.3 is 0 Å². The molecule has 0 aliphatic rings. The van der Waals surface area contributed by atoms with Crippen molar-refractivity contribution < 1.29 is 9.26 Å². The van der Waals surface area contributed by atoms with Crippen LogP contribution < -0.4 is 5.73 Å². The van der Waals surface area contributed by atoms with Gasteiger partial charge in [-0.05, 0) is 12.8 Å². The number of rotatable bonds is 6. The molecule has 5 heteroatoms. The van der Waals surface area contributed by atoms with Crippen molar-refractivity contribution in [1.29, 1.82) is 0 Å². The molecule has 1 heterocycles. The summed E-state index contributed by atoms with van der Waals surface area (Å²) in [5.41, 5.74) is 5.79. The van der Waals surface area contributed by atoms with Crippen LogP contribution >= 0.6 is 0 Å². The van der Waals surface area contributed by atoms with Gasteiger partial charge in [0.2, 0.25) is 11.7 Å². The zero-order valence-electron chi connectivity index (χ0n) is 9.56. The van der Waals surface area contributed by atoms with Crippen molar-refractivity contribution in [2.24, 2.45) is 5.73 Å². The van der Waals surface area contributed by atoms with E-state index in [0.717, 1.165) is 19.3 Å². The first-order valence-corrected chi connectivity index (χ1v) is 5.34. The van der Waals surface area contributed by atoms with Crippen molar-refractivity contribution >= 4 is 0 Å². The maximum absolute atomic E-state index is 5.79. The Balaban J connectivity index is 2.72. The average molecular weight is 213 g/mol. The Kier molecular flexibility index (Phi) is 4.71. The number of hydrogen-bond acceptors (Lipinski definition) is 5. The van der Waals surface area contributed by atoms with Crippen molar-refractivity contribution in [2.45, 2.75) is 45.3 Å². The summed E-state index contributed by atoms with van der Waals surface area (Å²) in [6.45, 7) is 4.07. The Bertz CT molecular complexity index is 288. The van der Waals surface area contributed by atoms with Crippen LogP contribution in [0.1, 0.15) is 57.0 Å². The molecule has 0 spiro atoms. The molecule has 0 amide bonds. The molecule has 2 unspecified atom stereocenters. The first kappa shape index (κ1) is 12.1. The van der Waals surface area contributed by atoms with Gasteiger partial charge in [-0.15, -0.1) is 0 Å². The predicted octanol–water partition coefficient (Wildman–Crippen LogP) is 1.97. The zero-order valence-corrected chi connectivity index (χ0v) is 9.56. The van der Waals surface area contributed by atoms with Crippen molar-refractivity contribution in [2.75, 3.05) is 7.11 Å². The minimum Gasteiger partial charge on any atom is -0.373 e. The van der Waals surface area contributed by atoms with Gasteiger partial charge in [-0.25, -0.2) is 0 Å². The Morgan fingerprint density at radius 2 is 2.20 bits per heavy atom. The Labute approximate surface area is 90.0 Å². The fraction of sp³-hybridized carbons (Fsp3) is 0.800. The zero-order chi connectivity index (χ0) is 11.3. The van der Waals surface area contributed by atoms with Gasteiger partial charge in [-0.3, -0.25) is 0 Å². The lowest BCUT2D eigenvalue weighted by molar-refractivity contribution is 0.0854. The molecule has 5 nitrogen and oxygen atoms in total. The first-order valence-electron chi connectivity index (χ1n) is 5.34. The summed E-state index contributed by atoms with van der Waals surface area (Å²) in [6, 6.07) is -0.176. The van der Waals surface area contributed by atoms with Gasteiger partial charge in [0.15, 0.2) is 0 Å². The quantitative estimate of drug-likeness (QED) is 0.782. The molecule has 1 aromatic rings. The van der Waals surface area contributed by atoms with E-state index in [2.05, 4.69) is 17.1 Å². The molecule has 2 N–H and O–H groups in total. The fourth-order valence-electron chi connectivity index (χ4n) is 1.32. The molecular weight excluding hydrogens is 194 g/mol. The molecule has 0 aliphatic heterocycles. The van der Waals surface area contributed by atoms with Gasteiger partial charge in [0.1, 0.15) is 6.10 Å². The van der Waals surface area contributed by atoms with Crippen LogP contribution in [0.3, 0.4) is 0 Å². The van der Waals surface area contributed by atoms with Crippen molar-refractivity contribution in [1.82, 2.24) is 10.1 Å². The lowest BCUT2D eigenvalue weighted by atomic mass is 10.2. The second kappa shape index (κ2) is 5.82. The predicted molar refractivity (Wildman–Crippen MR) is 56.2 cm³/mol. The maximum Gasteiger partial charge on any atom is 0.243 e. The number of hydrogen-bond donors (Lipinski definition) is 1. The van der Waals surface area contributed by atoms with Crippen LogP contribution in [-0.4, -0.2) is 17.3 Å². The third kappa shape index (κ3) is 3.00. The molecule has 0 aromatic carbocycles. The lowest BCUT2D eigenvalue weighted by Gasteiger charge is -2.08. The third-order valence-electron chi connectivity index (χ3n) is 2.34. The molecule has 0 fully saturated rings. The van der Waals surface area contributed by atoms with E-state index in [0.29, 0.717) is 11.7 Å². The van der Waals surface area contributed by atoms with Crippen molar-refractivity contribution in [3.05, 3.63) is 11.7 Å². The van der Waals surface area contributed by atoms with Gasteiger partial charge in [0.25, 0.3) is 0 Å². The molecule has 86 valence electrons. The molecule has 1 aromatic heterocycles. The molecule has 1 rings (SSSR count). The molecule has 0 bridgehead atoms. The summed E-state index contributed by atoms with van der Waals surface area (Å²) in [7, 11) is 1.65. The van der Waals surface area contributed by atoms with Gasteiger partial charge in [-0.2, -0.15) is 4.98 Å². The van der Waals surface area contributed by atoms with Crippen LogP contribution in [0, 0.1) is 0 Å². The van der Waals surface area contributed by atoms with E-state index in [9.17, 15) is 0 Å². The van der Waals surface area contributed by atoms with E-state index in [1.54, 1.807) is 7.11 Å². The number of nitrogens with zero attached hydrogens (tertiary/aromatic N) is 2. The minimum absolute atomic E-state index is 0.0865. The topological polar surface area (TPSA) is 74.2 Å². The highest BCUT2D eigenvalue weighted by Crippen LogP contribution is 2.20. The van der Waals surface area contributed by atoms with E-state index >= 15 is 0 Å². The standard InChI is InChI=1S/C10H19N3O2/c1-4-6-8(14-3)9-12-10(15-13-9)7(11)5-2/h7-8H,4-6,11H2,1-3H3. The molecule has 2 atom stereocenters. The second-order valence-corrected chi connectivity index (χ2v) is 3.52. The molecule has 0 saturated heterocycles. The summed E-state index contributed by atoms with van der Waals surface area (Å²) in [4.78, 5) is 4.24. The van der Waals surface area contributed by atoms with E-state index < -0.39 is 0 Å². The van der Waals surface area contributed by atoms with Crippen LogP contribution in [0.5, 0.6) is 0 Å². The second-order valence-electron chi connectivity index (χ2n) is 3.52. The van der Waals surface area contributed by atoms with Gasteiger partial charge in [-0.1, -0.05) is 25.4 Å². The van der Waals surface area contributed by atoms with E-state index in [1.807, 2.05) is 6.92 Å². The highest BCUT2D eigenvalue weighted by Gasteiger charge is 2.19. The maximum atomic E-state index is 5.79. The third-order valence-corrected chi connectivity index (χ3v) is 2.34. The molecule has 15 heavy (non-hydrogen) atoms. The minimum atomic E-state index is -0.176. The van der Waals surface area contributed by atoms with Crippen LogP contribution in [0.2, 0.25) is 0 Å². The number of ether oxygens (including phenoxy) is 1. The molecular formula is C10H19N3O2. The summed E-state index contributed by atoms with van der Waals surface area (Å²) in [5.74, 6) is 1.09. The smallest absolute Gasteiger partial charge is 0.243 e. The normalized spacial score (nSPS) is 15.2. The summed E-state index contributed by atoms with van der Waals surface area (Å²) < 4.78 is 10.4. The highest BCUT2D eigenvalue weighted by molar-refractivity contribution is 4.94. The van der Waals surface area contributed by atoms with Crippen LogP contribution in [0.15, 0.2) is 4.52 Å². The van der Waals surface area contributed by atoms with E-state index in [1.165, 1.54) is 0 Å². The van der Waals surface area contributed by atoms with Crippen LogP contribution in [0.25, 0.3) is 0 Å².